The van der Waals surface area contributed by atoms with E-state index in [0.717, 1.165) is 13.0 Å². The highest BCUT2D eigenvalue weighted by Gasteiger charge is 2.06. The lowest BCUT2D eigenvalue weighted by molar-refractivity contribution is 0.0600. The van der Waals surface area contributed by atoms with Gasteiger partial charge in [-0.15, -0.1) is 0 Å². The van der Waals surface area contributed by atoms with Gasteiger partial charge in [0.1, 0.15) is 0 Å². The number of hydrogen-bond donors (Lipinski definition) is 1. The molecule has 1 N–H and O–H groups in total. The van der Waals surface area contributed by atoms with Crippen LogP contribution >= 0.6 is 0 Å². The van der Waals surface area contributed by atoms with Crippen molar-refractivity contribution >= 4 is 5.97 Å². The number of esters is 1. The summed E-state index contributed by atoms with van der Waals surface area (Å²) >= 11 is 0. The van der Waals surface area contributed by atoms with Crippen molar-refractivity contribution in [2.75, 3.05) is 20.3 Å². The molecule has 0 aliphatic rings. The number of pyridine rings is 1. The van der Waals surface area contributed by atoms with Gasteiger partial charge in [-0.1, -0.05) is 13.8 Å². The lowest BCUT2D eigenvalue weighted by Gasteiger charge is -2.09. The van der Waals surface area contributed by atoms with Crippen LogP contribution in [0.1, 0.15) is 30.6 Å². The Bertz CT molecular complexity index is 380. The van der Waals surface area contributed by atoms with Crippen molar-refractivity contribution in [1.82, 2.24) is 10.3 Å². The Morgan fingerprint density at radius 2 is 2.28 bits per heavy atom. The van der Waals surface area contributed by atoms with E-state index in [-0.39, 0.29) is 5.97 Å². The third-order valence-corrected chi connectivity index (χ3v) is 2.28. The number of carbonyl (C=O) groups excluding carboxylic acids is 1. The molecule has 100 valence electrons. The Kier molecular flexibility index (Phi) is 6.14. The van der Waals surface area contributed by atoms with Gasteiger partial charge in [0.25, 0.3) is 0 Å². The molecule has 0 saturated carbocycles. The third-order valence-electron chi connectivity index (χ3n) is 2.28. The number of nitrogens with zero attached hydrogens (tertiary/aromatic N) is 1. The van der Waals surface area contributed by atoms with Gasteiger partial charge >= 0.3 is 5.97 Å². The van der Waals surface area contributed by atoms with E-state index in [1.807, 2.05) is 0 Å². The molecule has 18 heavy (non-hydrogen) atoms. The SMILES string of the molecule is COC(=O)c1ccnc(OCCCNC(C)C)c1. The number of nitrogens with one attached hydrogen (secondary N) is 1. The summed E-state index contributed by atoms with van der Waals surface area (Å²) in [7, 11) is 1.35. The summed E-state index contributed by atoms with van der Waals surface area (Å²) in [6, 6.07) is 3.66. The Balaban J connectivity index is 2.36. The second-order valence-corrected chi connectivity index (χ2v) is 4.19. The number of ether oxygens (including phenoxy) is 2. The molecule has 0 bridgehead atoms. The lowest BCUT2D eigenvalue weighted by Crippen LogP contribution is -2.24. The van der Waals surface area contributed by atoms with Crippen LogP contribution in [0.4, 0.5) is 0 Å². The summed E-state index contributed by atoms with van der Waals surface area (Å²) in [6.07, 6.45) is 2.43. The second kappa shape index (κ2) is 7.66. The highest BCUT2D eigenvalue weighted by atomic mass is 16.5. The fourth-order valence-electron chi connectivity index (χ4n) is 1.37. The maximum absolute atomic E-state index is 11.3. The van der Waals surface area contributed by atoms with E-state index in [4.69, 9.17) is 4.74 Å². The first-order valence-electron chi connectivity index (χ1n) is 6.04. The monoisotopic (exact) mass is 252 g/mol. The molecular formula is C13H20N2O3. The minimum atomic E-state index is -0.385. The molecule has 0 spiro atoms. The highest BCUT2D eigenvalue weighted by Crippen LogP contribution is 2.10. The van der Waals surface area contributed by atoms with Crippen molar-refractivity contribution in [3.8, 4) is 5.88 Å². The molecule has 1 aromatic rings. The minimum Gasteiger partial charge on any atom is -0.478 e. The van der Waals surface area contributed by atoms with Gasteiger partial charge in [0, 0.05) is 18.3 Å². The maximum atomic E-state index is 11.3. The smallest absolute Gasteiger partial charge is 0.338 e. The largest absolute Gasteiger partial charge is 0.478 e. The summed E-state index contributed by atoms with van der Waals surface area (Å²) in [6.45, 7) is 5.66. The number of rotatable bonds is 7. The minimum absolute atomic E-state index is 0.385. The zero-order valence-corrected chi connectivity index (χ0v) is 11.1. The van der Waals surface area contributed by atoms with Gasteiger partial charge in [-0.05, 0) is 19.0 Å². The van der Waals surface area contributed by atoms with Gasteiger partial charge in [-0.2, -0.15) is 0 Å². The van der Waals surface area contributed by atoms with Crippen LogP contribution < -0.4 is 10.1 Å². The molecule has 0 aromatic carbocycles. The van der Waals surface area contributed by atoms with Gasteiger partial charge in [-0.3, -0.25) is 0 Å². The third kappa shape index (κ3) is 5.14. The van der Waals surface area contributed by atoms with Gasteiger partial charge in [0.05, 0.1) is 19.3 Å². The first kappa shape index (κ1) is 14.4. The molecule has 0 radical (unpaired) electrons. The van der Waals surface area contributed by atoms with Crippen LogP contribution in [0, 0.1) is 0 Å². The van der Waals surface area contributed by atoms with E-state index in [1.165, 1.54) is 13.3 Å². The van der Waals surface area contributed by atoms with E-state index < -0.39 is 0 Å². The molecule has 5 heteroatoms. The zero-order valence-electron chi connectivity index (χ0n) is 11.1. The molecule has 0 aliphatic heterocycles. The van der Waals surface area contributed by atoms with E-state index >= 15 is 0 Å². The predicted molar refractivity (Wildman–Crippen MR) is 68.8 cm³/mol. The standard InChI is InChI=1S/C13H20N2O3/c1-10(2)14-6-4-8-18-12-9-11(5-7-15-12)13(16)17-3/h5,7,9-10,14H,4,6,8H2,1-3H3. The lowest BCUT2D eigenvalue weighted by atomic mass is 10.3. The van der Waals surface area contributed by atoms with E-state index in [0.29, 0.717) is 24.1 Å². The number of hydrogen-bond acceptors (Lipinski definition) is 5. The Hall–Kier alpha value is -1.62. The molecule has 1 aromatic heterocycles. The Labute approximate surface area is 108 Å². The second-order valence-electron chi connectivity index (χ2n) is 4.19. The fourth-order valence-corrected chi connectivity index (χ4v) is 1.37. The number of methoxy groups -OCH3 is 1. The summed E-state index contributed by atoms with van der Waals surface area (Å²) in [5.41, 5.74) is 0.447. The van der Waals surface area contributed by atoms with Crippen LogP contribution in [-0.4, -0.2) is 37.3 Å². The normalized spacial score (nSPS) is 10.4. The van der Waals surface area contributed by atoms with E-state index in [2.05, 4.69) is 28.9 Å². The summed E-state index contributed by atoms with van der Waals surface area (Å²) in [5.74, 6) is 0.0613. The van der Waals surface area contributed by atoms with Crippen molar-refractivity contribution in [3.05, 3.63) is 23.9 Å². The molecule has 0 unspecified atom stereocenters. The molecule has 1 rings (SSSR count). The van der Waals surface area contributed by atoms with Crippen molar-refractivity contribution < 1.29 is 14.3 Å². The van der Waals surface area contributed by atoms with Crippen molar-refractivity contribution in [2.45, 2.75) is 26.3 Å². The first-order chi connectivity index (χ1) is 8.63. The first-order valence-corrected chi connectivity index (χ1v) is 6.04. The Morgan fingerprint density at radius 1 is 1.50 bits per heavy atom. The van der Waals surface area contributed by atoms with Crippen molar-refractivity contribution in [1.29, 1.82) is 0 Å². The molecule has 0 amide bonds. The average molecular weight is 252 g/mol. The van der Waals surface area contributed by atoms with Crippen LogP contribution in [0.5, 0.6) is 5.88 Å². The zero-order chi connectivity index (χ0) is 13.4. The maximum Gasteiger partial charge on any atom is 0.338 e. The molecule has 5 nitrogen and oxygen atoms in total. The quantitative estimate of drug-likeness (QED) is 0.590. The van der Waals surface area contributed by atoms with Crippen molar-refractivity contribution in [3.63, 3.8) is 0 Å². The van der Waals surface area contributed by atoms with Gasteiger partial charge in [0.2, 0.25) is 5.88 Å². The van der Waals surface area contributed by atoms with E-state index in [9.17, 15) is 4.79 Å². The Morgan fingerprint density at radius 3 is 2.94 bits per heavy atom. The number of carbonyl (C=O) groups is 1. The predicted octanol–water partition coefficient (Wildman–Crippen LogP) is 1.64. The van der Waals surface area contributed by atoms with Crippen LogP contribution in [0.2, 0.25) is 0 Å². The highest BCUT2D eigenvalue weighted by molar-refractivity contribution is 5.89. The number of aromatic nitrogens is 1. The molecular weight excluding hydrogens is 232 g/mol. The molecule has 0 atom stereocenters. The fraction of sp³-hybridized carbons (Fsp3) is 0.538. The van der Waals surface area contributed by atoms with Crippen LogP contribution in [0.3, 0.4) is 0 Å². The van der Waals surface area contributed by atoms with Crippen LogP contribution in [-0.2, 0) is 4.74 Å². The van der Waals surface area contributed by atoms with Gasteiger partial charge < -0.3 is 14.8 Å². The summed E-state index contributed by atoms with van der Waals surface area (Å²) in [4.78, 5) is 15.3. The summed E-state index contributed by atoms with van der Waals surface area (Å²) in [5, 5.41) is 3.30. The summed E-state index contributed by atoms with van der Waals surface area (Å²) < 4.78 is 10.1. The molecule has 0 fully saturated rings. The molecule has 0 aliphatic carbocycles. The van der Waals surface area contributed by atoms with Crippen LogP contribution in [0.25, 0.3) is 0 Å². The van der Waals surface area contributed by atoms with Crippen molar-refractivity contribution in [2.24, 2.45) is 0 Å². The van der Waals surface area contributed by atoms with E-state index in [1.54, 1.807) is 12.1 Å². The topological polar surface area (TPSA) is 60.5 Å². The molecule has 1 heterocycles. The van der Waals surface area contributed by atoms with Gasteiger partial charge in [0.15, 0.2) is 0 Å². The van der Waals surface area contributed by atoms with Crippen LogP contribution in [0.15, 0.2) is 18.3 Å². The average Bonchev–Trinajstić information content (AvgIpc) is 2.37. The van der Waals surface area contributed by atoms with Gasteiger partial charge in [-0.25, -0.2) is 9.78 Å². The molecule has 0 saturated heterocycles.